The molecule has 0 aliphatic heterocycles. The van der Waals surface area contributed by atoms with Crippen LogP contribution in [0.25, 0.3) is 0 Å². The van der Waals surface area contributed by atoms with Gasteiger partial charge in [0.2, 0.25) is 5.88 Å². The fraction of sp³-hybridized carbons (Fsp3) is 0.444. The number of nitrogens with zero attached hydrogens (tertiary/aromatic N) is 4. The molecule has 0 aliphatic carbocycles. The molecule has 0 unspecified atom stereocenters. The summed E-state index contributed by atoms with van der Waals surface area (Å²) in [5.74, 6) is 1.50. The van der Waals surface area contributed by atoms with E-state index in [4.69, 9.17) is 4.74 Å². The number of hydrogen-bond acceptors (Lipinski definition) is 3. The van der Waals surface area contributed by atoms with Gasteiger partial charge in [-0.15, -0.1) is 24.0 Å². The first-order valence-corrected chi connectivity index (χ1v) is 8.13. The van der Waals surface area contributed by atoms with Crippen LogP contribution in [0, 0.1) is 0 Å². The molecular formula is C18H28IN5O. The van der Waals surface area contributed by atoms with Gasteiger partial charge in [0.1, 0.15) is 0 Å². The van der Waals surface area contributed by atoms with Crippen molar-refractivity contribution in [3.8, 4) is 5.88 Å². The number of aromatic nitrogens is 2. The van der Waals surface area contributed by atoms with E-state index in [1.54, 1.807) is 7.05 Å². The average Bonchev–Trinajstić information content (AvgIpc) is 2.94. The van der Waals surface area contributed by atoms with Gasteiger partial charge < -0.3 is 19.5 Å². The molecule has 2 aromatic rings. The van der Waals surface area contributed by atoms with E-state index in [0.29, 0.717) is 12.4 Å². The Morgan fingerprint density at radius 3 is 2.64 bits per heavy atom. The summed E-state index contributed by atoms with van der Waals surface area (Å²) in [6.45, 7) is 5.44. The second-order valence-corrected chi connectivity index (χ2v) is 6.04. The number of halogens is 1. The van der Waals surface area contributed by atoms with E-state index in [1.807, 2.05) is 58.5 Å². The van der Waals surface area contributed by atoms with Gasteiger partial charge in [-0.3, -0.25) is 4.99 Å². The third-order valence-electron chi connectivity index (χ3n) is 3.63. The molecule has 0 amide bonds. The summed E-state index contributed by atoms with van der Waals surface area (Å²) in [6, 6.07) is 8.07. The van der Waals surface area contributed by atoms with Crippen LogP contribution in [0.4, 0.5) is 0 Å². The highest BCUT2D eigenvalue weighted by atomic mass is 127. The Kier molecular flexibility index (Phi) is 8.74. The van der Waals surface area contributed by atoms with E-state index in [-0.39, 0.29) is 30.1 Å². The van der Waals surface area contributed by atoms with Gasteiger partial charge in [0.05, 0.1) is 12.6 Å². The quantitative estimate of drug-likeness (QED) is 0.412. The molecule has 2 rings (SSSR count). The van der Waals surface area contributed by atoms with E-state index in [1.165, 1.54) is 5.69 Å². The second-order valence-electron chi connectivity index (χ2n) is 6.04. The Morgan fingerprint density at radius 2 is 2.12 bits per heavy atom. The molecule has 0 saturated heterocycles. The van der Waals surface area contributed by atoms with E-state index in [2.05, 4.69) is 30.8 Å². The fourth-order valence-electron chi connectivity index (χ4n) is 2.37. The first-order valence-electron chi connectivity index (χ1n) is 8.13. The van der Waals surface area contributed by atoms with Crippen LogP contribution < -0.4 is 10.1 Å². The van der Waals surface area contributed by atoms with Crippen molar-refractivity contribution in [2.24, 2.45) is 12.0 Å². The van der Waals surface area contributed by atoms with Crippen LogP contribution in [0.1, 0.15) is 25.1 Å². The van der Waals surface area contributed by atoms with E-state index in [9.17, 15) is 0 Å². The van der Waals surface area contributed by atoms with Crippen LogP contribution in [0.5, 0.6) is 5.88 Å². The van der Waals surface area contributed by atoms with E-state index < -0.39 is 0 Å². The topological polar surface area (TPSA) is 54.7 Å². The number of guanidine groups is 1. The molecule has 1 N–H and O–H groups in total. The summed E-state index contributed by atoms with van der Waals surface area (Å²) in [5, 5.41) is 3.36. The molecule has 0 spiro atoms. The normalized spacial score (nSPS) is 11.2. The molecule has 138 valence electrons. The molecule has 2 aromatic heterocycles. The monoisotopic (exact) mass is 457 g/mol. The Labute approximate surface area is 167 Å². The summed E-state index contributed by atoms with van der Waals surface area (Å²) >= 11 is 0. The smallest absolute Gasteiger partial charge is 0.213 e. The van der Waals surface area contributed by atoms with Gasteiger partial charge >= 0.3 is 0 Å². The molecule has 7 heteroatoms. The average molecular weight is 457 g/mol. The van der Waals surface area contributed by atoms with Crippen LogP contribution in [0.2, 0.25) is 0 Å². The van der Waals surface area contributed by atoms with Gasteiger partial charge in [0.15, 0.2) is 5.96 Å². The zero-order chi connectivity index (χ0) is 17.5. The number of rotatable bonds is 6. The zero-order valence-corrected chi connectivity index (χ0v) is 17.9. The standard InChI is InChI=1S/C18H27N5O.HI/c1-14(2)24-17-9-8-15(11-20-17)12-21-18(19-3)23(5)13-16-7-6-10-22(16)4;/h6-11,14H,12-13H2,1-5H3,(H,19,21);1H. The van der Waals surface area contributed by atoms with Crippen molar-refractivity contribution in [1.82, 2.24) is 19.8 Å². The Morgan fingerprint density at radius 1 is 1.36 bits per heavy atom. The summed E-state index contributed by atoms with van der Waals surface area (Å²) in [4.78, 5) is 10.8. The number of hydrogen-bond donors (Lipinski definition) is 1. The maximum absolute atomic E-state index is 5.56. The SMILES string of the molecule is CN=C(NCc1ccc(OC(C)C)nc1)N(C)Cc1cccn1C.I. The second kappa shape index (κ2) is 10.3. The van der Waals surface area contributed by atoms with Gasteiger partial charge in [-0.05, 0) is 31.5 Å². The molecular weight excluding hydrogens is 429 g/mol. The molecule has 6 nitrogen and oxygen atoms in total. The number of ether oxygens (including phenoxy) is 1. The minimum atomic E-state index is 0. The minimum absolute atomic E-state index is 0. The van der Waals surface area contributed by atoms with Crippen molar-refractivity contribution in [2.75, 3.05) is 14.1 Å². The third-order valence-corrected chi connectivity index (χ3v) is 3.63. The van der Waals surface area contributed by atoms with E-state index in [0.717, 1.165) is 18.1 Å². The van der Waals surface area contributed by atoms with Crippen LogP contribution in [0.3, 0.4) is 0 Å². The molecule has 0 aromatic carbocycles. The molecule has 0 saturated carbocycles. The lowest BCUT2D eigenvalue weighted by atomic mass is 10.3. The maximum atomic E-state index is 5.56. The lowest BCUT2D eigenvalue weighted by molar-refractivity contribution is 0.232. The van der Waals surface area contributed by atoms with Crippen molar-refractivity contribution < 1.29 is 4.74 Å². The summed E-state index contributed by atoms with van der Waals surface area (Å²) in [6.07, 6.45) is 4.01. The van der Waals surface area contributed by atoms with Gasteiger partial charge in [-0.1, -0.05) is 6.07 Å². The predicted molar refractivity (Wildman–Crippen MR) is 112 cm³/mol. The van der Waals surface area contributed by atoms with Crippen molar-refractivity contribution >= 4 is 29.9 Å². The molecule has 0 atom stereocenters. The van der Waals surface area contributed by atoms with Gasteiger partial charge in [-0.2, -0.15) is 0 Å². The number of pyridine rings is 1. The van der Waals surface area contributed by atoms with Gasteiger partial charge in [0, 0.05) is 51.8 Å². The minimum Gasteiger partial charge on any atom is -0.475 e. The van der Waals surface area contributed by atoms with Crippen LogP contribution in [-0.4, -0.2) is 40.6 Å². The van der Waals surface area contributed by atoms with Crippen molar-refractivity contribution in [2.45, 2.75) is 33.0 Å². The Hall–Kier alpha value is -1.77. The summed E-state index contributed by atoms with van der Waals surface area (Å²) < 4.78 is 7.67. The molecule has 25 heavy (non-hydrogen) atoms. The molecule has 0 bridgehead atoms. The van der Waals surface area contributed by atoms with Crippen LogP contribution >= 0.6 is 24.0 Å². The van der Waals surface area contributed by atoms with E-state index >= 15 is 0 Å². The molecule has 0 aliphatic rings. The van der Waals surface area contributed by atoms with Crippen LogP contribution in [-0.2, 0) is 20.1 Å². The lowest BCUT2D eigenvalue weighted by Gasteiger charge is -2.22. The molecule has 0 fully saturated rings. The fourth-order valence-corrected chi connectivity index (χ4v) is 2.37. The first kappa shape index (κ1) is 21.3. The highest BCUT2D eigenvalue weighted by Gasteiger charge is 2.08. The molecule has 2 heterocycles. The Bertz CT molecular complexity index is 666. The highest BCUT2D eigenvalue weighted by Crippen LogP contribution is 2.09. The van der Waals surface area contributed by atoms with Crippen LogP contribution in [0.15, 0.2) is 41.7 Å². The lowest BCUT2D eigenvalue weighted by Crippen LogP contribution is -2.38. The summed E-state index contributed by atoms with van der Waals surface area (Å²) in [7, 11) is 5.87. The Balaban J connectivity index is 0.00000312. The largest absolute Gasteiger partial charge is 0.475 e. The number of aryl methyl sites for hydroxylation is 1. The maximum Gasteiger partial charge on any atom is 0.213 e. The predicted octanol–water partition coefficient (Wildman–Crippen LogP) is 3.03. The molecule has 0 radical (unpaired) electrons. The first-order chi connectivity index (χ1) is 11.5. The van der Waals surface area contributed by atoms with Crippen molar-refractivity contribution in [3.05, 3.63) is 47.9 Å². The number of nitrogens with one attached hydrogen (secondary N) is 1. The highest BCUT2D eigenvalue weighted by molar-refractivity contribution is 14.0. The van der Waals surface area contributed by atoms with Gasteiger partial charge in [-0.25, -0.2) is 4.98 Å². The van der Waals surface area contributed by atoms with Gasteiger partial charge in [0.25, 0.3) is 0 Å². The van der Waals surface area contributed by atoms with Crippen molar-refractivity contribution in [1.29, 1.82) is 0 Å². The number of aliphatic imine (C=N–C) groups is 1. The van der Waals surface area contributed by atoms with Crippen molar-refractivity contribution in [3.63, 3.8) is 0 Å². The summed E-state index contributed by atoms with van der Waals surface area (Å²) in [5.41, 5.74) is 2.32. The zero-order valence-electron chi connectivity index (χ0n) is 15.6. The third kappa shape index (κ3) is 6.56.